The Kier molecular flexibility index (Phi) is 18.8. The number of carbonyl (C=O) groups excluding carboxylic acids is 4. The molecule has 3 aliphatic heterocycles. The van der Waals surface area contributed by atoms with E-state index in [1.54, 1.807) is 32.1 Å². The van der Waals surface area contributed by atoms with Crippen LogP contribution in [0.25, 0.3) is 0 Å². The Hall–Kier alpha value is -4.08. The van der Waals surface area contributed by atoms with Crippen LogP contribution in [0.5, 0.6) is 0 Å². The van der Waals surface area contributed by atoms with Crippen molar-refractivity contribution in [1.82, 2.24) is 5.32 Å². The second-order valence-electron chi connectivity index (χ2n) is 16.6. The fourth-order valence-corrected chi connectivity index (χ4v) is 8.08. The number of methoxy groups -OCH3 is 3. The summed E-state index contributed by atoms with van der Waals surface area (Å²) in [6.07, 6.45) is 8.47. The zero-order chi connectivity index (χ0) is 44.2. The minimum atomic E-state index is -1.47. The van der Waals surface area contributed by atoms with Gasteiger partial charge in [-0.3, -0.25) is 4.79 Å². The van der Waals surface area contributed by atoms with Crippen molar-refractivity contribution in [3.05, 3.63) is 71.2 Å². The zero-order valence-electron chi connectivity index (χ0n) is 36.8. The first kappa shape index (κ1) is 49.3. The molecular weight excluding hydrogens is 762 g/mol. The van der Waals surface area contributed by atoms with E-state index in [-0.39, 0.29) is 54.8 Å². The average Bonchev–Trinajstić information content (AvgIpc) is 3.62. The van der Waals surface area contributed by atoms with Gasteiger partial charge < -0.3 is 48.7 Å². The first-order valence-electron chi connectivity index (χ1n) is 20.4. The molecular formula is C45H67NO13. The summed E-state index contributed by atoms with van der Waals surface area (Å²) in [7, 11) is 4.32. The van der Waals surface area contributed by atoms with Gasteiger partial charge in [0.2, 0.25) is 11.7 Å². The summed E-state index contributed by atoms with van der Waals surface area (Å²) in [6.45, 7) is 16.9. The molecule has 0 aliphatic carbocycles. The maximum Gasteiger partial charge on any atom is 0.373 e. The van der Waals surface area contributed by atoms with E-state index >= 15 is 0 Å². The molecule has 14 nitrogen and oxygen atoms in total. The van der Waals surface area contributed by atoms with E-state index in [9.17, 15) is 29.4 Å². The molecule has 0 bridgehead atoms. The van der Waals surface area contributed by atoms with Crippen LogP contribution in [0.3, 0.4) is 0 Å². The Bertz CT molecular complexity index is 1660. The van der Waals surface area contributed by atoms with Crippen molar-refractivity contribution < 1.29 is 62.5 Å². The van der Waals surface area contributed by atoms with Crippen LogP contribution in [-0.4, -0.2) is 104 Å². The van der Waals surface area contributed by atoms with E-state index < -0.39 is 72.2 Å². The molecule has 3 N–H and O–H groups in total. The van der Waals surface area contributed by atoms with Crippen molar-refractivity contribution in [1.29, 1.82) is 0 Å². The average molecular weight is 830 g/mol. The minimum absolute atomic E-state index is 0.0343. The van der Waals surface area contributed by atoms with Crippen LogP contribution in [-0.2, 0) is 52.3 Å². The topological polar surface area (TPSA) is 185 Å². The number of carbonyl (C=O) groups is 4. The van der Waals surface area contributed by atoms with Gasteiger partial charge in [0.15, 0.2) is 5.79 Å². The highest BCUT2D eigenvalue weighted by molar-refractivity contribution is 5.92. The SMILES string of the molecule is COC1=CC(C)=CC(C)C(O)C(C)CC(C)=CC=CC(OC)C(C(C)C(O)C(C)C2(OC)CC(OC(=O)/C=C/C(=O)OCC3=CCC(=O)N3)C(C)C(C(C)C)O2)OC1=O. The second-order valence-corrected chi connectivity index (χ2v) is 16.6. The first-order chi connectivity index (χ1) is 27.8. The molecule has 3 aliphatic rings. The van der Waals surface area contributed by atoms with Gasteiger partial charge in [0.1, 0.15) is 24.9 Å². The van der Waals surface area contributed by atoms with Crippen LogP contribution < -0.4 is 5.32 Å². The van der Waals surface area contributed by atoms with Gasteiger partial charge >= 0.3 is 17.9 Å². The third-order valence-corrected chi connectivity index (χ3v) is 11.6. The zero-order valence-corrected chi connectivity index (χ0v) is 36.8. The van der Waals surface area contributed by atoms with Crippen LogP contribution in [0.4, 0.5) is 0 Å². The molecule has 0 spiro atoms. The maximum atomic E-state index is 13.8. The molecule has 0 aromatic rings. The van der Waals surface area contributed by atoms with Crippen LogP contribution in [0.15, 0.2) is 71.2 Å². The Morgan fingerprint density at radius 3 is 2.31 bits per heavy atom. The number of aliphatic hydroxyl groups excluding tert-OH is 2. The van der Waals surface area contributed by atoms with Gasteiger partial charge in [-0.05, 0) is 38.2 Å². The molecule has 12 atom stereocenters. The van der Waals surface area contributed by atoms with Gasteiger partial charge in [0.25, 0.3) is 0 Å². The van der Waals surface area contributed by atoms with Crippen LogP contribution in [0.2, 0.25) is 0 Å². The van der Waals surface area contributed by atoms with Gasteiger partial charge in [-0.25, -0.2) is 14.4 Å². The highest BCUT2D eigenvalue weighted by atomic mass is 16.7. The molecule has 3 heterocycles. The fraction of sp³-hybridized carbons (Fsp3) is 0.644. The standard InChI is InChI=1S/C45H67NO13/c1-25(2)42-30(7)36(57-39(49)19-18-38(48)56-24-33-16-17-37(47)46-33)23-45(55-12,59-42)32(9)41(51)31(8)43-34(53-10)15-13-14-26(3)20-28(5)40(50)29(6)21-27(4)22-35(54-11)44(52)58-43/h13-16,18-19,21-22,25,28-32,34,36,40-43,50-51H,17,20,23-24H2,1-12H3,(H,46,47)/b15-13?,19-18+,26-14?,27-21?,35-22?. The van der Waals surface area contributed by atoms with Crippen molar-refractivity contribution in [3.63, 3.8) is 0 Å². The number of cyclic esters (lactones) is 1. The third-order valence-electron chi connectivity index (χ3n) is 11.6. The van der Waals surface area contributed by atoms with Gasteiger partial charge in [0.05, 0.1) is 31.1 Å². The lowest BCUT2D eigenvalue weighted by Gasteiger charge is -2.51. The molecule has 0 aromatic carbocycles. The van der Waals surface area contributed by atoms with Crippen molar-refractivity contribution in [2.45, 2.75) is 124 Å². The summed E-state index contributed by atoms with van der Waals surface area (Å²) in [5.74, 6) is -6.26. The first-order valence-corrected chi connectivity index (χ1v) is 20.4. The van der Waals surface area contributed by atoms with E-state index in [0.717, 1.165) is 17.7 Å². The van der Waals surface area contributed by atoms with E-state index in [1.807, 2.05) is 66.7 Å². The number of ether oxygens (including phenoxy) is 7. The molecule has 12 unspecified atom stereocenters. The van der Waals surface area contributed by atoms with Crippen molar-refractivity contribution >= 4 is 23.8 Å². The molecule has 0 saturated carbocycles. The molecule has 0 radical (unpaired) electrons. The minimum Gasteiger partial charge on any atom is -0.490 e. The molecule has 0 aromatic heterocycles. The number of aliphatic hydroxyl groups is 2. The maximum absolute atomic E-state index is 13.8. The van der Waals surface area contributed by atoms with Gasteiger partial charge in [0, 0.05) is 62.9 Å². The van der Waals surface area contributed by atoms with Crippen LogP contribution in [0, 0.1) is 35.5 Å². The molecule has 14 heteroatoms. The van der Waals surface area contributed by atoms with Crippen molar-refractivity contribution in [2.75, 3.05) is 27.9 Å². The highest BCUT2D eigenvalue weighted by Crippen LogP contribution is 2.44. The predicted octanol–water partition coefficient (Wildman–Crippen LogP) is 5.40. The quantitative estimate of drug-likeness (QED) is 0.122. The third kappa shape index (κ3) is 13.5. The number of esters is 3. The second kappa shape index (κ2) is 22.5. The number of nitrogens with one attached hydrogen (secondary N) is 1. The van der Waals surface area contributed by atoms with E-state index in [2.05, 4.69) is 5.32 Å². The monoisotopic (exact) mass is 829 g/mol. The predicted molar refractivity (Wildman–Crippen MR) is 220 cm³/mol. The summed E-state index contributed by atoms with van der Waals surface area (Å²) in [5.41, 5.74) is 2.20. The van der Waals surface area contributed by atoms with Crippen molar-refractivity contribution in [2.24, 2.45) is 35.5 Å². The van der Waals surface area contributed by atoms with Crippen molar-refractivity contribution in [3.8, 4) is 0 Å². The number of hydrogen-bond donors (Lipinski definition) is 3. The summed E-state index contributed by atoms with van der Waals surface area (Å²) in [4.78, 5) is 50.6. The lowest BCUT2D eigenvalue weighted by atomic mass is 9.76. The van der Waals surface area contributed by atoms with Gasteiger partial charge in [-0.15, -0.1) is 0 Å². The normalized spacial score (nSPS) is 31.6. The van der Waals surface area contributed by atoms with E-state index in [1.165, 1.54) is 21.3 Å². The summed E-state index contributed by atoms with van der Waals surface area (Å²) >= 11 is 0. The summed E-state index contributed by atoms with van der Waals surface area (Å²) < 4.78 is 41.4. The van der Waals surface area contributed by atoms with Gasteiger partial charge in [-0.1, -0.05) is 90.0 Å². The number of rotatable bonds is 13. The Labute approximate surface area is 349 Å². The lowest BCUT2D eigenvalue weighted by molar-refractivity contribution is -0.339. The largest absolute Gasteiger partial charge is 0.490 e. The molecule has 59 heavy (non-hydrogen) atoms. The molecule has 1 amide bonds. The lowest BCUT2D eigenvalue weighted by Crippen LogP contribution is -2.60. The number of amides is 1. The fourth-order valence-electron chi connectivity index (χ4n) is 8.08. The van der Waals surface area contributed by atoms with Crippen LogP contribution >= 0.6 is 0 Å². The summed E-state index contributed by atoms with van der Waals surface area (Å²) in [5, 5.41) is 25.8. The Morgan fingerprint density at radius 1 is 1.03 bits per heavy atom. The smallest absolute Gasteiger partial charge is 0.373 e. The number of allylic oxidation sites excluding steroid dienone is 5. The van der Waals surface area contributed by atoms with Gasteiger partial charge in [-0.2, -0.15) is 0 Å². The highest BCUT2D eigenvalue weighted by Gasteiger charge is 2.54. The molecule has 1 fully saturated rings. The van der Waals surface area contributed by atoms with E-state index in [4.69, 9.17) is 33.2 Å². The molecule has 330 valence electrons. The summed E-state index contributed by atoms with van der Waals surface area (Å²) in [6, 6.07) is 0. The molecule has 3 rings (SSSR count). The number of hydrogen-bond acceptors (Lipinski definition) is 13. The Morgan fingerprint density at radius 2 is 1.71 bits per heavy atom. The van der Waals surface area contributed by atoms with E-state index in [0.29, 0.717) is 17.7 Å². The van der Waals surface area contributed by atoms with Crippen LogP contribution in [0.1, 0.15) is 81.6 Å². The molecule has 1 saturated heterocycles. The Balaban J connectivity index is 1.93.